The van der Waals surface area contributed by atoms with E-state index in [9.17, 15) is 4.79 Å². The molecule has 1 heterocycles. The Morgan fingerprint density at radius 3 is 2.93 bits per heavy atom. The number of likely N-dealkylation sites (N-methyl/N-ethyl adjacent to an activating group) is 1. The molecular weight excluding hydrogens is 188 g/mol. The van der Waals surface area contributed by atoms with E-state index in [0.29, 0.717) is 6.42 Å². The zero-order valence-electron chi connectivity index (χ0n) is 9.21. The predicted octanol–water partition coefficient (Wildman–Crippen LogP) is 1.26. The molecule has 0 amide bonds. The van der Waals surface area contributed by atoms with Gasteiger partial charge in [-0.3, -0.25) is 4.79 Å². The first-order valence-corrected chi connectivity index (χ1v) is 5.21. The minimum atomic E-state index is 0.184. The number of allylic oxidation sites excluding steroid dienone is 1. The van der Waals surface area contributed by atoms with Gasteiger partial charge in [-0.15, -0.1) is 0 Å². The van der Waals surface area contributed by atoms with Crippen molar-refractivity contribution < 1.29 is 4.79 Å². The van der Waals surface area contributed by atoms with Gasteiger partial charge in [-0.25, -0.2) is 0 Å². The lowest BCUT2D eigenvalue weighted by Crippen LogP contribution is -2.15. The number of ketones is 1. The summed E-state index contributed by atoms with van der Waals surface area (Å²) >= 11 is 0. The smallest absolute Gasteiger partial charge is 0.161 e. The van der Waals surface area contributed by atoms with Crippen LogP contribution < -0.4 is 0 Å². The van der Waals surface area contributed by atoms with E-state index < -0.39 is 0 Å². The van der Waals surface area contributed by atoms with Gasteiger partial charge >= 0.3 is 0 Å². The van der Waals surface area contributed by atoms with Gasteiger partial charge in [-0.2, -0.15) is 0 Å². The molecule has 0 radical (unpaired) electrons. The van der Waals surface area contributed by atoms with E-state index in [4.69, 9.17) is 0 Å². The minimum Gasteiger partial charge on any atom is -0.364 e. The average molecular weight is 204 g/mol. The average Bonchev–Trinajstić information content (AvgIpc) is 2.57. The molecule has 2 rings (SSSR count). The lowest BCUT2D eigenvalue weighted by molar-refractivity contribution is -0.114. The molecule has 0 saturated carbocycles. The summed E-state index contributed by atoms with van der Waals surface area (Å²) < 4.78 is 0. The molecule has 1 aliphatic rings. The van der Waals surface area contributed by atoms with E-state index in [0.717, 1.165) is 18.7 Å². The molecule has 1 aromatic rings. The van der Waals surface area contributed by atoms with Crippen LogP contribution in [0.1, 0.15) is 16.8 Å². The van der Waals surface area contributed by atoms with Crippen molar-refractivity contribution in [1.29, 1.82) is 0 Å². The van der Waals surface area contributed by atoms with Crippen molar-refractivity contribution in [3.63, 3.8) is 0 Å². The summed E-state index contributed by atoms with van der Waals surface area (Å²) in [5.74, 6) is 0.184. The Bertz CT molecular complexity index is 402. The predicted molar refractivity (Wildman–Crippen MR) is 60.8 cm³/mol. The molecule has 3 nitrogen and oxygen atoms in total. The number of fused-ring (bicyclic) bond motifs is 1. The first kappa shape index (κ1) is 10.2. The summed E-state index contributed by atoms with van der Waals surface area (Å²) in [6, 6.07) is 0. The number of hydrogen-bond acceptors (Lipinski definition) is 2. The van der Waals surface area contributed by atoms with Crippen LogP contribution in [0.15, 0.2) is 12.3 Å². The third kappa shape index (κ3) is 2.18. The lowest BCUT2D eigenvalue weighted by atomic mass is 9.99. The van der Waals surface area contributed by atoms with E-state index in [1.165, 1.54) is 11.1 Å². The molecule has 1 aromatic heterocycles. The standard InChI is InChI=1S/C12H16N2O/c1-14(2)6-5-9-8-13-12-7-10(15)3-4-11(9)12/h3-4,8,13H,5-7H2,1-2H3. The SMILES string of the molecule is CN(C)CCc1c[nH]c2c1C=CC(=O)C2. The maximum atomic E-state index is 11.2. The van der Waals surface area contributed by atoms with Gasteiger partial charge < -0.3 is 9.88 Å². The monoisotopic (exact) mass is 204 g/mol. The number of H-pyrrole nitrogens is 1. The largest absolute Gasteiger partial charge is 0.364 e. The third-order valence-corrected chi connectivity index (χ3v) is 2.71. The fourth-order valence-electron chi connectivity index (χ4n) is 1.84. The van der Waals surface area contributed by atoms with Gasteiger partial charge in [0.2, 0.25) is 0 Å². The lowest BCUT2D eigenvalue weighted by Gasteiger charge is -2.10. The quantitative estimate of drug-likeness (QED) is 0.804. The normalized spacial score (nSPS) is 14.7. The Kier molecular flexibility index (Phi) is 2.73. The summed E-state index contributed by atoms with van der Waals surface area (Å²) in [4.78, 5) is 16.5. The van der Waals surface area contributed by atoms with Crippen molar-refractivity contribution in [3.05, 3.63) is 29.1 Å². The van der Waals surface area contributed by atoms with Crippen molar-refractivity contribution in [2.45, 2.75) is 12.8 Å². The Hall–Kier alpha value is -1.35. The van der Waals surface area contributed by atoms with E-state index in [1.807, 2.05) is 12.3 Å². The second-order valence-corrected chi connectivity index (χ2v) is 4.24. The van der Waals surface area contributed by atoms with Crippen molar-refractivity contribution in [2.75, 3.05) is 20.6 Å². The Morgan fingerprint density at radius 1 is 1.40 bits per heavy atom. The van der Waals surface area contributed by atoms with Gasteiger partial charge in [-0.05, 0) is 43.8 Å². The zero-order valence-corrected chi connectivity index (χ0v) is 9.21. The van der Waals surface area contributed by atoms with E-state index in [2.05, 4.69) is 24.0 Å². The maximum Gasteiger partial charge on any atom is 0.161 e. The first-order chi connectivity index (χ1) is 7.16. The molecule has 0 unspecified atom stereocenters. The summed E-state index contributed by atoms with van der Waals surface area (Å²) in [5, 5.41) is 0. The molecule has 0 spiro atoms. The van der Waals surface area contributed by atoms with Crippen LogP contribution >= 0.6 is 0 Å². The minimum absolute atomic E-state index is 0.184. The first-order valence-electron chi connectivity index (χ1n) is 5.21. The number of aromatic amines is 1. The number of nitrogens with one attached hydrogen (secondary N) is 1. The maximum absolute atomic E-state index is 11.2. The Morgan fingerprint density at radius 2 is 2.20 bits per heavy atom. The summed E-state index contributed by atoms with van der Waals surface area (Å²) in [6.45, 7) is 1.03. The van der Waals surface area contributed by atoms with Gasteiger partial charge in [0.1, 0.15) is 0 Å². The Labute approximate surface area is 89.8 Å². The highest BCUT2D eigenvalue weighted by Gasteiger charge is 2.15. The second kappa shape index (κ2) is 4.03. The van der Waals surface area contributed by atoms with E-state index in [1.54, 1.807) is 6.08 Å². The summed E-state index contributed by atoms with van der Waals surface area (Å²) in [6.07, 6.45) is 7.18. The van der Waals surface area contributed by atoms with Gasteiger partial charge in [-0.1, -0.05) is 0 Å². The van der Waals surface area contributed by atoms with Gasteiger partial charge in [0.15, 0.2) is 5.78 Å². The van der Waals surface area contributed by atoms with Crippen LogP contribution in [0.2, 0.25) is 0 Å². The van der Waals surface area contributed by atoms with Crippen LogP contribution in [0.4, 0.5) is 0 Å². The molecule has 15 heavy (non-hydrogen) atoms. The number of rotatable bonds is 3. The molecule has 0 saturated heterocycles. The number of hydrogen-bond donors (Lipinski definition) is 1. The number of aromatic nitrogens is 1. The number of carbonyl (C=O) groups excluding carboxylic acids is 1. The van der Waals surface area contributed by atoms with Crippen LogP contribution in [-0.4, -0.2) is 36.3 Å². The van der Waals surface area contributed by atoms with Crippen LogP contribution in [0.25, 0.3) is 6.08 Å². The molecule has 1 aliphatic carbocycles. The fraction of sp³-hybridized carbons (Fsp3) is 0.417. The van der Waals surface area contributed by atoms with Crippen LogP contribution in [0.5, 0.6) is 0 Å². The van der Waals surface area contributed by atoms with Crippen LogP contribution in [0, 0.1) is 0 Å². The van der Waals surface area contributed by atoms with Gasteiger partial charge in [0.05, 0.1) is 6.42 Å². The number of carbonyl (C=O) groups is 1. The van der Waals surface area contributed by atoms with Crippen molar-refractivity contribution in [2.24, 2.45) is 0 Å². The van der Waals surface area contributed by atoms with Gasteiger partial charge in [0.25, 0.3) is 0 Å². The molecule has 0 fully saturated rings. The highest BCUT2D eigenvalue weighted by atomic mass is 16.1. The van der Waals surface area contributed by atoms with Crippen molar-refractivity contribution in [3.8, 4) is 0 Å². The molecule has 0 aromatic carbocycles. The highest BCUT2D eigenvalue weighted by Crippen LogP contribution is 2.21. The third-order valence-electron chi connectivity index (χ3n) is 2.71. The van der Waals surface area contributed by atoms with E-state index in [-0.39, 0.29) is 5.78 Å². The molecule has 0 aliphatic heterocycles. The van der Waals surface area contributed by atoms with Crippen molar-refractivity contribution in [1.82, 2.24) is 9.88 Å². The molecule has 0 bridgehead atoms. The second-order valence-electron chi connectivity index (χ2n) is 4.24. The molecular formula is C12H16N2O. The fourth-order valence-corrected chi connectivity index (χ4v) is 1.84. The van der Waals surface area contributed by atoms with Crippen molar-refractivity contribution >= 4 is 11.9 Å². The molecule has 80 valence electrons. The highest BCUT2D eigenvalue weighted by molar-refractivity contribution is 5.98. The number of nitrogens with zero attached hydrogens (tertiary/aromatic N) is 1. The van der Waals surface area contributed by atoms with Crippen LogP contribution in [-0.2, 0) is 17.6 Å². The molecule has 3 heteroatoms. The van der Waals surface area contributed by atoms with Crippen LogP contribution in [0.3, 0.4) is 0 Å². The molecule has 1 N–H and O–H groups in total. The Balaban J connectivity index is 2.16. The van der Waals surface area contributed by atoms with E-state index >= 15 is 0 Å². The summed E-state index contributed by atoms with van der Waals surface area (Å²) in [5.41, 5.74) is 3.59. The summed E-state index contributed by atoms with van der Waals surface area (Å²) in [7, 11) is 4.14. The van der Waals surface area contributed by atoms with Gasteiger partial charge in [0, 0.05) is 18.4 Å². The molecule has 0 atom stereocenters. The topological polar surface area (TPSA) is 36.1 Å². The zero-order chi connectivity index (χ0) is 10.8.